The molecule has 0 bridgehead atoms. The molecule has 1 heterocycles. The number of rotatable bonds is 2. The van der Waals surface area contributed by atoms with Crippen molar-refractivity contribution in [2.45, 2.75) is 19.6 Å². The van der Waals surface area contributed by atoms with Crippen LogP contribution in [0.4, 0.5) is 0 Å². The van der Waals surface area contributed by atoms with Crippen LogP contribution in [0.5, 0.6) is 0 Å². The number of aliphatic hydroxyl groups excluding tert-OH is 1. The number of aliphatic hydroxyl groups is 1. The van der Waals surface area contributed by atoms with E-state index in [9.17, 15) is 9.59 Å². The molecular formula is C9H11N3O3. The average Bonchev–Trinajstić information content (AvgIpc) is 2.18. The van der Waals surface area contributed by atoms with E-state index in [1.807, 2.05) is 0 Å². The predicted octanol–water partition coefficient (Wildman–Crippen LogP) is -1.20. The van der Waals surface area contributed by atoms with E-state index in [-0.39, 0.29) is 12.1 Å². The minimum Gasteiger partial charge on any atom is -0.392 e. The highest BCUT2D eigenvalue weighted by Crippen LogP contribution is 1.89. The third-order valence-corrected chi connectivity index (χ3v) is 1.93. The van der Waals surface area contributed by atoms with Crippen LogP contribution in [0.1, 0.15) is 12.5 Å². The van der Waals surface area contributed by atoms with Gasteiger partial charge in [0.2, 0.25) is 0 Å². The number of nitrogens with zero attached hydrogens (tertiary/aromatic N) is 3. The van der Waals surface area contributed by atoms with Crippen LogP contribution >= 0.6 is 0 Å². The summed E-state index contributed by atoms with van der Waals surface area (Å²) in [6, 6.07) is 1.70. The Balaban J connectivity index is 3.44. The Hall–Kier alpha value is -1.87. The molecule has 0 aliphatic heterocycles. The van der Waals surface area contributed by atoms with Crippen molar-refractivity contribution in [3.63, 3.8) is 0 Å². The topological polar surface area (TPSA) is 88.0 Å². The Labute approximate surface area is 85.6 Å². The van der Waals surface area contributed by atoms with Gasteiger partial charge in [0.25, 0.3) is 5.56 Å². The minimum absolute atomic E-state index is 0.0572. The summed E-state index contributed by atoms with van der Waals surface area (Å²) in [5.41, 5.74) is -1.28. The molecule has 0 saturated heterocycles. The van der Waals surface area contributed by atoms with Gasteiger partial charge in [0, 0.05) is 13.2 Å². The third-order valence-electron chi connectivity index (χ3n) is 1.93. The van der Waals surface area contributed by atoms with Crippen molar-refractivity contribution < 1.29 is 5.11 Å². The molecule has 0 fully saturated rings. The van der Waals surface area contributed by atoms with Crippen LogP contribution in [-0.4, -0.2) is 20.3 Å². The second-order valence-electron chi connectivity index (χ2n) is 3.30. The van der Waals surface area contributed by atoms with Crippen molar-refractivity contribution in [2.75, 3.05) is 0 Å². The summed E-state index contributed by atoms with van der Waals surface area (Å²) in [6.07, 6.45) is 0.448. The lowest BCUT2D eigenvalue weighted by atomic mass is 10.3. The highest BCUT2D eigenvalue weighted by molar-refractivity contribution is 5.22. The quantitative estimate of drug-likeness (QED) is 0.662. The highest BCUT2D eigenvalue weighted by Gasteiger charge is 2.09. The number of aromatic nitrogens is 2. The summed E-state index contributed by atoms with van der Waals surface area (Å²) in [6.45, 7) is 1.57. The smallest absolute Gasteiger partial charge is 0.330 e. The Bertz CT molecular complexity index is 519. The van der Waals surface area contributed by atoms with Crippen LogP contribution in [-0.2, 0) is 13.6 Å². The van der Waals surface area contributed by atoms with E-state index in [0.29, 0.717) is 0 Å². The normalized spacial score (nSPS) is 12.1. The maximum absolute atomic E-state index is 11.5. The molecule has 0 radical (unpaired) electrons. The molecule has 0 aromatic carbocycles. The zero-order chi connectivity index (χ0) is 11.6. The van der Waals surface area contributed by atoms with E-state index < -0.39 is 17.4 Å². The van der Waals surface area contributed by atoms with Gasteiger partial charge in [-0.3, -0.25) is 13.9 Å². The van der Waals surface area contributed by atoms with Crippen LogP contribution in [0.2, 0.25) is 0 Å². The average molecular weight is 209 g/mol. The van der Waals surface area contributed by atoms with Gasteiger partial charge in [-0.2, -0.15) is 5.26 Å². The molecule has 1 rings (SSSR count). The van der Waals surface area contributed by atoms with E-state index in [0.717, 1.165) is 15.3 Å². The molecule has 1 aromatic rings. The fourth-order valence-corrected chi connectivity index (χ4v) is 1.22. The zero-order valence-corrected chi connectivity index (χ0v) is 8.47. The fourth-order valence-electron chi connectivity index (χ4n) is 1.22. The lowest BCUT2D eigenvalue weighted by Gasteiger charge is -2.09. The Morgan fingerprint density at radius 3 is 2.67 bits per heavy atom. The first kappa shape index (κ1) is 11.2. The van der Waals surface area contributed by atoms with Crippen LogP contribution in [0.15, 0.2) is 15.8 Å². The van der Waals surface area contributed by atoms with Crippen LogP contribution < -0.4 is 11.2 Å². The van der Waals surface area contributed by atoms with Gasteiger partial charge in [-0.25, -0.2) is 4.79 Å². The van der Waals surface area contributed by atoms with Crippen LogP contribution in [0.3, 0.4) is 0 Å². The number of hydrogen-bond donors (Lipinski definition) is 1. The second kappa shape index (κ2) is 4.11. The molecule has 15 heavy (non-hydrogen) atoms. The molecule has 1 atom stereocenters. The molecule has 6 heteroatoms. The molecule has 0 aliphatic carbocycles. The summed E-state index contributed by atoms with van der Waals surface area (Å²) in [5, 5.41) is 17.8. The van der Waals surface area contributed by atoms with Crippen molar-refractivity contribution in [1.82, 2.24) is 9.13 Å². The standard InChI is InChI=1S/C9H11N3O3/c1-6(13)4-12-5-7(3-10)8(14)11(2)9(12)15/h5-6,13H,4H2,1-2H3/t6-/m0/s1. The van der Waals surface area contributed by atoms with Gasteiger partial charge in [-0.15, -0.1) is 0 Å². The number of hydrogen-bond acceptors (Lipinski definition) is 4. The van der Waals surface area contributed by atoms with Gasteiger partial charge in [0.15, 0.2) is 0 Å². The molecule has 0 saturated carbocycles. The molecular weight excluding hydrogens is 198 g/mol. The van der Waals surface area contributed by atoms with Crippen molar-refractivity contribution in [2.24, 2.45) is 7.05 Å². The molecule has 1 aromatic heterocycles. The maximum Gasteiger partial charge on any atom is 0.330 e. The molecule has 0 amide bonds. The molecule has 0 spiro atoms. The SMILES string of the molecule is C[C@H](O)Cn1cc(C#N)c(=O)n(C)c1=O. The molecule has 1 N–H and O–H groups in total. The van der Waals surface area contributed by atoms with E-state index in [4.69, 9.17) is 10.4 Å². The Morgan fingerprint density at radius 1 is 1.60 bits per heavy atom. The van der Waals surface area contributed by atoms with Crippen molar-refractivity contribution in [1.29, 1.82) is 5.26 Å². The van der Waals surface area contributed by atoms with Gasteiger partial charge >= 0.3 is 5.69 Å². The van der Waals surface area contributed by atoms with Gasteiger partial charge in [0.05, 0.1) is 12.6 Å². The van der Waals surface area contributed by atoms with Crippen molar-refractivity contribution in [3.8, 4) is 6.07 Å². The molecule has 0 unspecified atom stereocenters. The van der Waals surface area contributed by atoms with Gasteiger partial charge < -0.3 is 5.11 Å². The maximum atomic E-state index is 11.5. The summed E-state index contributed by atoms with van der Waals surface area (Å²) in [4.78, 5) is 22.8. The fraction of sp³-hybridized carbons (Fsp3) is 0.444. The zero-order valence-electron chi connectivity index (χ0n) is 8.47. The Kier molecular flexibility index (Phi) is 3.07. The van der Waals surface area contributed by atoms with Crippen molar-refractivity contribution in [3.05, 3.63) is 32.6 Å². The van der Waals surface area contributed by atoms with Crippen LogP contribution in [0, 0.1) is 11.3 Å². The second-order valence-corrected chi connectivity index (χ2v) is 3.30. The lowest BCUT2D eigenvalue weighted by Crippen LogP contribution is -2.40. The summed E-state index contributed by atoms with van der Waals surface area (Å²) in [5.74, 6) is 0. The molecule has 6 nitrogen and oxygen atoms in total. The van der Waals surface area contributed by atoms with Crippen LogP contribution in [0.25, 0.3) is 0 Å². The predicted molar refractivity (Wildman–Crippen MR) is 52.3 cm³/mol. The minimum atomic E-state index is -0.716. The largest absolute Gasteiger partial charge is 0.392 e. The summed E-state index contributed by atoms with van der Waals surface area (Å²) in [7, 11) is 1.30. The first-order valence-electron chi connectivity index (χ1n) is 4.36. The van der Waals surface area contributed by atoms with Crippen molar-refractivity contribution >= 4 is 0 Å². The third kappa shape index (κ3) is 2.14. The first-order chi connectivity index (χ1) is 6.97. The van der Waals surface area contributed by atoms with E-state index in [1.54, 1.807) is 6.07 Å². The monoisotopic (exact) mass is 209 g/mol. The number of nitriles is 1. The van der Waals surface area contributed by atoms with E-state index in [2.05, 4.69) is 0 Å². The molecule has 0 aliphatic rings. The van der Waals surface area contributed by atoms with E-state index in [1.165, 1.54) is 14.0 Å². The Morgan fingerprint density at radius 2 is 2.20 bits per heavy atom. The van der Waals surface area contributed by atoms with E-state index >= 15 is 0 Å². The highest BCUT2D eigenvalue weighted by atomic mass is 16.3. The van der Waals surface area contributed by atoms with Gasteiger partial charge in [-0.1, -0.05) is 0 Å². The van der Waals surface area contributed by atoms with Gasteiger partial charge in [0.1, 0.15) is 11.6 Å². The summed E-state index contributed by atoms with van der Waals surface area (Å²) < 4.78 is 1.99. The van der Waals surface area contributed by atoms with Gasteiger partial charge in [-0.05, 0) is 6.92 Å². The lowest BCUT2D eigenvalue weighted by molar-refractivity contribution is 0.170. The molecule has 80 valence electrons. The first-order valence-corrected chi connectivity index (χ1v) is 4.36. The summed E-state index contributed by atoms with van der Waals surface area (Å²) >= 11 is 0.